The molecule has 0 N–H and O–H groups in total. The maximum atomic E-state index is 12.8. The average molecular weight is 349 g/mol. The van der Waals surface area contributed by atoms with Crippen molar-refractivity contribution in [1.82, 2.24) is 5.06 Å². The first-order chi connectivity index (χ1) is 12.5. The molecular weight excluding hydrogens is 330 g/mol. The van der Waals surface area contributed by atoms with E-state index in [1.807, 2.05) is 61.5 Å². The molecule has 1 aliphatic heterocycles. The molecule has 0 unspecified atom stereocenters. The molecule has 2 amide bonds. The van der Waals surface area contributed by atoms with Crippen molar-refractivity contribution in [3.8, 4) is 0 Å². The van der Waals surface area contributed by atoms with E-state index in [2.05, 4.69) is 0 Å². The Hall–Kier alpha value is -2.95. The summed E-state index contributed by atoms with van der Waals surface area (Å²) in [7, 11) is 0. The van der Waals surface area contributed by atoms with Gasteiger partial charge in [-0.25, -0.2) is 4.79 Å². The van der Waals surface area contributed by atoms with E-state index in [1.54, 1.807) is 0 Å². The van der Waals surface area contributed by atoms with Gasteiger partial charge in [0, 0.05) is 18.3 Å². The number of benzene rings is 2. The quantitative estimate of drug-likeness (QED) is 0.796. The highest BCUT2D eigenvalue weighted by atomic mass is 16.7. The Morgan fingerprint density at radius 3 is 2.27 bits per heavy atom. The van der Waals surface area contributed by atoms with Gasteiger partial charge in [0.15, 0.2) is 0 Å². The molecule has 0 spiro atoms. The summed E-state index contributed by atoms with van der Waals surface area (Å²) < 4.78 is 0. The van der Waals surface area contributed by atoms with Gasteiger partial charge in [0.25, 0.3) is 11.8 Å². The third kappa shape index (κ3) is 2.51. The maximum absolute atomic E-state index is 12.8. The standard InChI is InChI=1S/C21H19NO4/c1-14-7-5-6-10-16(14)21(15-8-3-2-4-9-15)13-17(21)20(25)26-22-18(23)11-12-19(22)24/h2-10,17H,11-13H2,1H3/t17-,21+/m0/s1. The Morgan fingerprint density at radius 1 is 1.00 bits per heavy atom. The van der Waals surface area contributed by atoms with E-state index in [0.717, 1.165) is 16.7 Å². The monoisotopic (exact) mass is 349 g/mol. The summed E-state index contributed by atoms with van der Waals surface area (Å²) in [4.78, 5) is 41.4. The van der Waals surface area contributed by atoms with Gasteiger partial charge >= 0.3 is 5.97 Å². The second-order valence-electron chi connectivity index (χ2n) is 6.90. The molecular formula is C21H19NO4. The van der Waals surface area contributed by atoms with Crippen LogP contribution >= 0.6 is 0 Å². The SMILES string of the molecule is Cc1ccccc1[C@]1(c2ccccc2)C[C@H]1C(=O)ON1C(=O)CCC1=O. The number of nitrogens with zero attached hydrogens (tertiary/aromatic N) is 1. The first kappa shape index (κ1) is 16.5. The van der Waals surface area contributed by atoms with Gasteiger partial charge in [0.1, 0.15) is 0 Å². The lowest BCUT2D eigenvalue weighted by molar-refractivity contribution is -0.198. The smallest absolute Gasteiger partial charge is 0.330 e. The van der Waals surface area contributed by atoms with E-state index in [-0.39, 0.29) is 12.8 Å². The minimum Gasteiger partial charge on any atom is -0.330 e. The van der Waals surface area contributed by atoms with E-state index >= 15 is 0 Å². The second kappa shape index (κ2) is 6.09. The predicted octanol–water partition coefficient (Wildman–Crippen LogP) is 2.91. The van der Waals surface area contributed by atoms with Crippen molar-refractivity contribution in [3.05, 3.63) is 71.3 Å². The van der Waals surface area contributed by atoms with Crippen molar-refractivity contribution >= 4 is 17.8 Å². The zero-order valence-corrected chi connectivity index (χ0v) is 14.5. The number of aryl methyl sites for hydroxylation is 1. The van der Waals surface area contributed by atoms with Crippen molar-refractivity contribution in [3.63, 3.8) is 0 Å². The number of rotatable bonds is 4. The first-order valence-corrected chi connectivity index (χ1v) is 8.73. The van der Waals surface area contributed by atoms with Crippen molar-refractivity contribution < 1.29 is 19.2 Å². The van der Waals surface area contributed by atoms with Gasteiger partial charge in [0.2, 0.25) is 0 Å². The highest BCUT2D eigenvalue weighted by molar-refractivity contribution is 6.02. The summed E-state index contributed by atoms with van der Waals surface area (Å²) in [5.41, 5.74) is 2.73. The van der Waals surface area contributed by atoms with Gasteiger partial charge in [0.05, 0.1) is 5.92 Å². The molecule has 0 aromatic heterocycles. The van der Waals surface area contributed by atoms with E-state index in [1.165, 1.54) is 0 Å². The molecule has 1 aliphatic carbocycles. The molecule has 5 heteroatoms. The molecule has 0 bridgehead atoms. The molecule has 1 saturated carbocycles. The third-order valence-electron chi connectivity index (χ3n) is 5.35. The lowest BCUT2D eigenvalue weighted by Crippen LogP contribution is -2.33. The largest absolute Gasteiger partial charge is 0.337 e. The zero-order valence-electron chi connectivity index (χ0n) is 14.5. The molecule has 2 atom stereocenters. The Labute approximate surface area is 151 Å². The number of hydroxylamine groups is 2. The first-order valence-electron chi connectivity index (χ1n) is 8.73. The lowest BCUT2D eigenvalue weighted by Gasteiger charge is -2.21. The summed E-state index contributed by atoms with van der Waals surface area (Å²) in [6.07, 6.45) is 0.785. The predicted molar refractivity (Wildman–Crippen MR) is 93.7 cm³/mol. The van der Waals surface area contributed by atoms with E-state index in [4.69, 9.17) is 4.84 Å². The summed E-state index contributed by atoms with van der Waals surface area (Å²) >= 11 is 0. The molecule has 132 valence electrons. The molecule has 4 rings (SSSR count). The third-order valence-corrected chi connectivity index (χ3v) is 5.35. The number of carbonyl (C=O) groups excluding carboxylic acids is 3. The van der Waals surface area contributed by atoms with Crippen molar-refractivity contribution in [1.29, 1.82) is 0 Å². The fourth-order valence-corrected chi connectivity index (χ4v) is 3.94. The molecule has 5 nitrogen and oxygen atoms in total. The minimum atomic E-state index is -0.527. The number of hydrogen-bond acceptors (Lipinski definition) is 4. The fourth-order valence-electron chi connectivity index (χ4n) is 3.94. The van der Waals surface area contributed by atoms with Crippen molar-refractivity contribution in [2.75, 3.05) is 0 Å². The molecule has 2 aliphatic rings. The molecule has 0 radical (unpaired) electrons. The number of hydrogen-bond donors (Lipinski definition) is 0. The van der Waals surface area contributed by atoms with Crippen LogP contribution in [0.25, 0.3) is 0 Å². The van der Waals surface area contributed by atoms with Gasteiger partial charge in [-0.3, -0.25) is 9.59 Å². The Morgan fingerprint density at radius 2 is 1.62 bits per heavy atom. The summed E-state index contributed by atoms with van der Waals surface area (Å²) in [6.45, 7) is 2.02. The zero-order chi connectivity index (χ0) is 18.3. The van der Waals surface area contributed by atoms with Gasteiger partial charge in [-0.1, -0.05) is 54.6 Å². The van der Waals surface area contributed by atoms with E-state index in [9.17, 15) is 14.4 Å². The topological polar surface area (TPSA) is 63.7 Å². The summed E-state index contributed by atoms with van der Waals surface area (Å²) in [5, 5.41) is 0.633. The highest BCUT2D eigenvalue weighted by Crippen LogP contribution is 2.60. The van der Waals surface area contributed by atoms with Crippen LogP contribution in [0.5, 0.6) is 0 Å². The van der Waals surface area contributed by atoms with Gasteiger partial charge < -0.3 is 4.84 Å². The molecule has 2 aromatic rings. The van der Waals surface area contributed by atoms with Crippen LogP contribution in [0, 0.1) is 12.8 Å². The van der Waals surface area contributed by atoms with E-state index < -0.39 is 29.1 Å². The molecule has 26 heavy (non-hydrogen) atoms. The number of imide groups is 1. The van der Waals surface area contributed by atoms with Crippen LogP contribution in [-0.2, 0) is 24.6 Å². The Balaban J connectivity index is 1.67. The Bertz CT molecular complexity index is 876. The average Bonchev–Trinajstić information content (AvgIpc) is 3.34. The van der Waals surface area contributed by atoms with Gasteiger partial charge in [-0.05, 0) is 30.0 Å². The van der Waals surface area contributed by atoms with Crippen LogP contribution < -0.4 is 0 Å². The van der Waals surface area contributed by atoms with Gasteiger partial charge in [-0.2, -0.15) is 0 Å². The number of carbonyl (C=O) groups is 3. The Kier molecular flexibility index (Phi) is 3.87. The molecule has 2 aromatic carbocycles. The van der Waals surface area contributed by atoms with Crippen LogP contribution in [-0.4, -0.2) is 22.8 Å². The van der Waals surface area contributed by atoms with Crippen molar-refractivity contribution in [2.24, 2.45) is 5.92 Å². The van der Waals surface area contributed by atoms with Crippen LogP contribution in [0.2, 0.25) is 0 Å². The lowest BCUT2D eigenvalue weighted by atomic mass is 9.83. The van der Waals surface area contributed by atoms with Crippen LogP contribution in [0.4, 0.5) is 0 Å². The summed E-state index contributed by atoms with van der Waals surface area (Å²) in [5.74, 6) is -1.86. The second-order valence-corrected chi connectivity index (χ2v) is 6.90. The van der Waals surface area contributed by atoms with Crippen LogP contribution in [0.1, 0.15) is 36.0 Å². The van der Waals surface area contributed by atoms with Crippen LogP contribution in [0.3, 0.4) is 0 Å². The fraction of sp³-hybridized carbons (Fsp3) is 0.286. The summed E-state index contributed by atoms with van der Waals surface area (Å²) in [6, 6.07) is 17.8. The van der Waals surface area contributed by atoms with Crippen molar-refractivity contribution in [2.45, 2.75) is 31.6 Å². The maximum Gasteiger partial charge on any atom is 0.337 e. The molecule has 1 saturated heterocycles. The molecule has 2 fully saturated rings. The highest BCUT2D eigenvalue weighted by Gasteiger charge is 2.62. The van der Waals surface area contributed by atoms with Crippen LogP contribution in [0.15, 0.2) is 54.6 Å². The normalized spacial score (nSPS) is 24.7. The van der Waals surface area contributed by atoms with Gasteiger partial charge in [-0.15, -0.1) is 5.06 Å². The van der Waals surface area contributed by atoms with E-state index in [0.29, 0.717) is 11.5 Å². The number of amides is 2. The molecule has 1 heterocycles. The minimum absolute atomic E-state index is 0.0956.